The van der Waals surface area contributed by atoms with E-state index in [1.807, 2.05) is 19.9 Å². The van der Waals surface area contributed by atoms with Crippen LogP contribution in [0.2, 0.25) is 0 Å². The maximum absolute atomic E-state index is 12.4. The number of hydrogen-bond donors (Lipinski definition) is 2. The van der Waals surface area contributed by atoms with Crippen LogP contribution in [0.3, 0.4) is 0 Å². The number of carbonyl (C=O) groups excluding carboxylic acids is 1. The number of carbonyl (C=O) groups is 1. The first-order valence-electron chi connectivity index (χ1n) is 8.13. The number of fused-ring (bicyclic) bond motifs is 1. The highest BCUT2D eigenvalue weighted by Gasteiger charge is 2.22. The van der Waals surface area contributed by atoms with E-state index in [1.165, 1.54) is 6.20 Å². The monoisotopic (exact) mass is 423 g/mol. The Morgan fingerprint density at radius 1 is 1.46 bits per heavy atom. The first-order valence-corrected chi connectivity index (χ1v) is 8.92. The first kappa shape index (κ1) is 18.2. The molecule has 26 heavy (non-hydrogen) atoms. The molecule has 138 valence electrons. The van der Waals surface area contributed by atoms with Gasteiger partial charge in [0.1, 0.15) is 24.1 Å². The zero-order valence-electron chi connectivity index (χ0n) is 14.3. The van der Waals surface area contributed by atoms with E-state index in [4.69, 9.17) is 9.47 Å². The molecule has 1 aliphatic heterocycles. The molecule has 2 N–H and O–H groups in total. The topological polar surface area (TPSA) is 102 Å². The molecule has 1 amide bonds. The smallest absolute Gasteiger partial charge is 0.328 e. The second kappa shape index (κ2) is 7.36. The molecule has 3 rings (SSSR count). The molecule has 2 heterocycles. The highest BCUT2D eigenvalue weighted by Crippen LogP contribution is 2.38. The van der Waals surface area contributed by atoms with Crippen molar-refractivity contribution in [1.29, 1.82) is 0 Å². The average molecular weight is 424 g/mol. The largest absolute Gasteiger partial charge is 0.492 e. The molecule has 0 saturated heterocycles. The number of amides is 1. The molecule has 2 aromatic rings. The lowest BCUT2D eigenvalue weighted by Gasteiger charge is -2.14. The zero-order chi connectivity index (χ0) is 18.8. The average Bonchev–Trinajstić information content (AvgIpc) is 2.92. The molecule has 1 aliphatic rings. The number of benzene rings is 1. The summed E-state index contributed by atoms with van der Waals surface area (Å²) in [6.45, 7) is 4.02. The fraction of sp³-hybridized carbons (Fsp3) is 0.353. The van der Waals surface area contributed by atoms with Gasteiger partial charge < -0.3 is 14.8 Å². The van der Waals surface area contributed by atoms with Gasteiger partial charge in [0, 0.05) is 24.2 Å². The number of nitrogens with one attached hydrogen (secondary N) is 2. The van der Waals surface area contributed by atoms with E-state index in [9.17, 15) is 14.4 Å². The van der Waals surface area contributed by atoms with Crippen LogP contribution < -0.4 is 26.0 Å². The van der Waals surface area contributed by atoms with Crippen molar-refractivity contribution >= 4 is 27.5 Å². The molecule has 1 aromatic heterocycles. The number of aromatic amines is 1. The summed E-state index contributed by atoms with van der Waals surface area (Å²) in [5.74, 6) is 0.825. The van der Waals surface area contributed by atoms with E-state index in [0.717, 1.165) is 16.6 Å². The number of nitrogens with zero attached hydrogens (tertiary/aromatic N) is 1. The summed E-state index contributed by atoms with van der Waals surface area (Å²) in [6, 6.07) is 3.59. The normalized spacial score (nSPS) is 15.3. The maximum Gasteiger partial charge on any atom is 0.328 e. The Balaban J connectivity index is 1.83. The van der Waals surface area contributed by atoms with Gasteiger partial charge in [0.15, 0.2) is 0 Å². The lowest BCUT2D eigenvalue weighted by atomic mass is 10.1. The molecule has 0 fully saturated rings. The van der Waals surface area contributed by atoms with Gasteiger partial charge in [-0.25, -0.2) is 4.79 Å². The molecule has 0 unspecified atom stereocenters. The third-order valence-corrected chi connectivity index (χ3v) is 4.42. The Morgan fingerprint density at radius 3 is 2.96 bits per heavy atom. The van der Waals surface area contributed by atoms with E-state index >= 15 is 0 Å². The van der Waals surface area contributed by atoms with Crippen LogP contribution >= 0.6 is 15.9 Å². The van der Waals surface area contributed by atoms with Crippen LogP contribution in [0.25, 0.3) is 0 Å². The van der Waals surface area contributed by atoms with Gasteiger partial charge in [-0.05, 0) is 35.8 Å². The van der Waals surface area contributed by atoms with Gasteiger partial charge in [-0.1, -0.05) is 0 Å². The molecule has 0 bridgehead atoms. The summed E-state index contributed by atoms with van der Waals surface area (Å²) < 4.78 is 12.6. The van der Waals surface area contributed by atoms with Gasteiger partial charge in [0.05, 0.1) is 16.8 Å². The molecule has 0 saturated carbocycles. The van der Waals surface area contributed by atoms with Crippen LogP contribution in [0, 0.1) is 0 Å². The van der Waals surface area contributed by atoms with Crippen molar-refractivity contribution in [1.82, 2.24) is 9.55 Å². The van der Waals surface area contributed by atoms with E-state index < -0.39 is 17.2 Å². The summed E-state index contributed by atoms with van der Waals surface area (Å²) in [4.78, 5) is 37.7. The SMILES string of the molecule is CCOc1cc2c(cc1NC(=O)Cn1cc(Br)c(=O)[nH]c1=O)O[C@@H](C)C2. The van der Waals surface area contributed by atoms with Gasteiger partial charge in [-0.3, -0.25) is 19.1 Å². The molecule has 0 aliphatic carbocycles. The summed E-state index contributed by atoms with van der Waals surface area (Å²) in [5.41, 5.74) is 0.292. The van der Waals surface area contributed by atoms with Gasteiger partial charge in [-0.2, -0.15) is 0 Å². The van der Waals surface area contributed by atoms with Crippen LogP contribution in [0.4, 0.5) is 5.69 Å². The molecular weight excluding hydrogens is 406 g/mol. The van der Waals surface area contributed by atoms with Crippen molar-refractivity contribution in [3.63, 3.8) is 0 Å². The standard InChI is InChI=1S/C17H18BrN3O5/c1-3-25-14-5-10-4-9(2)26-13(10)6-12(14)19-15(22)8-21-7-11(18)16(23)20-17(21)24/h5-7,9H,3-4,8H2,1-2H3,(H,19,22)(H,20,23,24)/t9-/m0/s1. The van der Waals surface area contributed by atoms with Crippen molar-refractivity contribution in [2.75, 3.05) is 11.9 Å². The van der Waals surface area contributed by atoms with Crippen molar-refractivity contribution in [2.45, 2.75) is 32.9 Å². The Hall–Kier alpha value is -2.55. The van der Waals surface area contributed by atoms with Gasteiger partial charge in [0.2, 0.25) is 5.91 Å². The minimum Gasteiger partial charge on any atom is -0.492 e. The van der Waals surface area contributed by atoms with Gasteiger partial charge in [-0.15, -0.1) is 0 Å². The van der Waals surface area contributed by atoms with Crippen LogP contribution in [-0.2, 0) is 17.8 Å². The first-order chi connectivity index (χ1) is 12.4. The van der Waals surface area contributed by atoms with Crippen molar-refractivity contribution < 1.29 is 14.3 Å². The van der Waals surface area contributed by atoms with Gasteiger partial charge >= 0.3 is 5.69 Å². The van der Waals surface area contributed by atoms with Crippen LogP contribution in [0.15, 0.2) is 32.4 Å². The van der Waals surface area contributed by atoms with E-state index in [-0.39, 0.29) is 17.1 Å². The molecule has 9 heteroatoms. The minimum absolute atomic E-state index is 0.0718. The number of H-pyrrole nitrogens is 1. The highest BCUT2D eigenvalue weighted by atomic mass is 79.9. The van der Waals surface area contributed by atoms with Crippen molar-refractivity contribution in [3.8, 4) is 11.5 Å². The van der Waals surface area contributed by atoms with Crippen LogP contribution in [0.1, 0.15) is 19.4 Å². The molecule has 0 radical (unpaired) electrons. The second-order valence-electron chi connectivity index (χ2n) is 5.93. The molecule has 1 aromatic carbocycles. The van der Waals surface area contributed by atoms with E-state index in [2.05, 4.69) is 26.2 Å². The molecule has 0 spiro atoms. The number of aromatic nitrogens is 2. The maximum atomic E-state index is 12.4. The Labute approximate surface area is 157 Å². The van der Waals surface area contributed by atoms with E-state index in [1.54, 1.807) is 6.07 Å². The third kappa shape index (κ3) is 3.82. The Bertz CT molecular complexity index is 966. The summed E-state index contributed by atoms with van der Waals surface area (Å²) in [5, 5.41) is 2.74. The summed E-state index contributed by atoms with van der Waals surface area (Å²) in [6.07, 6.45) is 2.13. The Kier molecular flexibility index (Phi) is 5.17. The lowest BCUT2D eigenvalue weighted by Crippen LogP contribution is -2.33. The van der Waals surface area contributed by atoms with Crippen molar-refractivity contribution in [2.24, 2.45) is 0 Å². The zero-order valence-corrected chi connectivity index (χ0v) is 15.9. The third-order valence-electron chi connectivity index (χ3n) is 3.85. The Morgan fingerprint density at radius 2 is 2.23 bits per heavy atom. The highest BCUT2D eigenvalue weighted by molar-refractivity contribution is 9.10. The van der Waals surface area contributed by atoms with Crippen LogP contribution in [0.5, 0.6) is 11.5 Å². The lowest BCUT2D eigenvalue weighted by molar-refractivity contribution is -0.116. The number of halogens is 1. The second-order valence-corrected chi connectivity index (χ2v) is 6.79. The van der Waals surface area contributed by atoms with Crippen LogP contribution in [-0.4, -0.2) is 28.2 Å². The number of hydrogen-bond acceptors (Lipinski definition) is 5. The minimum atomic E-state index is -0.663. The fourth-order valence-corrected chi connectivity index (χ4v) is 3.10. The number of rotatable bonds is 5. The predicted molar refractivity (Wildman–Crippen MR) is 99.1 cm³/mol. The number of anilines is 1. The van der Waals surface area contributed by atoms with E-state index in [0.29, 0.717) is 23.8 Å². The molecule has 8 nitrogen and oxygen atoms in total. The van der Waals surface area contributed by atoms with Gasteiger partial charge in [0.25, 0.3) is 5.56 Å². The molecule has 1 atom stereocenters. The predicted octanol–water partition coefficient (Wildman–Crippen LogP) is 1.66. The summed E-state index contributed by atoms with van der Waals surface area (Å²) in [7, 11) is 0. The quantitative estimate of drug-likeness (QED) is 0.760. The number of ether oxygens (including phenoxy) is 2. The summed E-state index contributed by atoms with van der Waals surface area (Å²) >= 11 is 3.04. The van der Waals surface area contributed by atoms with Crippen molar-refractivity contribution in [3.05, 3.63) is 49.2 Å². The molecular formula is C17H18BrN3O5. The fourth-order valence-electron chi connectivity index (χ4n) is 2.76.